The van der Waals surface area contributed by atoms with Gasteiger partial charge in [0, 0.05) is 12.0 Å². The Morgan fingerprint density at radius 2 is 1.84 bits per heavy atom. The van der Waals surface area contributed by atoms with Gasteiger partial charge in [-0.3, -0.25) is 0 Å². The number of esters is 1. The number of carbonyl (C=O) groups is 1. The quantitative estimate of drug-likeness (QED) is 0.631. The van der Waals surface area contributed by atoms with Gasteiger partial charge in [-0.05, 0) is 51.4 Å². The second-order valence-electron chi connectivity index (χ2n) is 6.59. The fourth-order valence-electron chi connectivity index (χ4n) is 4.21. The minimum Gasteiger partial charge on any atom is -0.456 e. The van der Waals surface area contributed by atoms with E-state index in [0.717, 1.165) is 38.5 Å². The normalized spacial score (nSPS) is 35.3. The first-order valence-electron chi connectivity index (χ1n) is 7.49. The number of fused-ring (bicyclic) bond motifs is 1. The van der Waals surface area contributed by atoms with Crippen molar-refractivity contribution in [2.75, 3.05) is 0 Å². The highest BCUT2D eigenvalue weighted by atomic mass is 16.6. The molecule has 3 heteroatoms. The minimum atomic E-state index is -0.467. The Balaban J connectivity index is 2.13. The molecule has 4 atom stereocenters. The smallest absolute Gasteiger partial charge is 0.330 e. The van der Waals surface area contributed by atoms with Crippen LogP contribution in [0.1, 0.15) is 52.4 Å². The molecule has 2 saturated carbocycles. The highest BCUT2D eigenvalue weighted by Crippen LogP contribution is 2.48. The lowest BCUT2D eigenvalue weighted by Crippen LogP contribution is -2.48. The van der Waals surface area contributed by atoms with Gasteiger partial charge in [0.05, 0.1) is 6.10 Å². The molecular formula is C16H26O3. The molecular weight excluding hydrogens is 240 g/mol. The maximum Gasteiger partial charge on any atom is 0.330 e. The van der Waals surface area contributed by atoms with E-state index < -0.39 is 5.60 Å². The van der Waals surface area contributed by atoms with Crippen LogP contribution >= 0.6 is 0 Å². The number of aliphatic hydroxyl groups excluding tert-OH is 1. The third-order valence-electron chi connectivity index (χ3n) is 5.07. The van der Waals surface area contributed by atoms with Gasteiger partial charge in [0.25, 0.3) is 0 Å². The summed E-state index contributed by atoms with van der Waals surface area (Å²) in [6, 6.07) is 0. The van der Waals surface area contributed by atoms with E-state index in [1.807, 2.05) is 13.8 Å². The number of hydrogen-bond donors (Lipinski definition) is 1. The molecule has 0 aromatic rings. The standard InChI is InChI=1S/C16H26O3/c1-4-15(18)19-16(2,3)13-9-5-8-12-11(13)7-6-10-14(12)17/h4,11-14,17H,1,5-10H2,2-3H3/t11-,12?,13+,14+/m0/s1. The number of rotatable bonds is 3. The Labute approximate surface area is 116 Å². The Hall–Kier alpha value is -0.830. The van der Waals surface area contributed by atoms with Crippen LogP contribution in [0.2, 0.25) is 0 Å². The maximum absolute atomic E-state index is 11.5. The molecule has 1 N–H and O–H groups in total. The van der Waals surface area contributed by atoms with E-state index in [1.165, 1.54) is 6.08 Å². The fraction of sp³-hybridized carbons (Fsp3) is 0.812. The summed E-state index contributed by atoms with van der Waals surface area (Å²) in [5.74, 6) is 0.896. The molecule has 0 amide bonds. The van der Waals surface area contributed by atoms with Crippen LogP contribution in [0.15, 0.2) is 12.7 Å². The summed E-state index contributed by atoms with van der Waals surface area (Å²) in [5, 5.41) is 10.2. The van der Waals surface area contributed by atoms with Crippen LogP contribution in [0.25, 0.3) is 0 Å². The van der Waals surface area contributed by atoms with Crippen LogP contribution in [0, 0.1) is 17.8 Å². The van der Waals surface area contributed by atoms with Crippen molar-refractivity contribution < 1.29 is 14.6 Å². The lowest BCUT2D eigenvalue weighted by atomic mass is 9.60. The predicted octanol–water partition coefficient (Wildman–Crippen LogP) is 3.07. The summed E-state index contributed by atoms with van der Waals surface area (Å²) in [6.45, 7) is 7.47. The molecule has 3 nitrogen and oxygen atoms in total. The summed E-state index contributed by atoms with van der Waals surface area (Å²) in [5.41, 5.74) is -0.467. The zero-order valence-corrected chi connectivity index (χ0v) is 12.1. The first kappa shape index (κ1) is 14.6. The van der Waals surface area contributed by atoms with E-state index >= 15 is 0 Å². The number of aliphatic hydroxyl groups is 1. The van der Waals surface area contributed by atoms with E-state index in [-0.39, 0.29) is 12.1 Å². The average molecular weight is 266 g/mol. The van der Waals surface area contributed by atoms with Gasteiger partial charge in [-0.25, -0.2) is 4.79 Å². The lowest BCUT2D eigenvalue weighted by Gasteiger charge is -2.49. The van der Waals surface area contributed by atoms with Gasteiger partial charge in [-0.15, -0.1) is 0 Å². The maximum atomic E-state index is 11.5. The van der Waals surface area contributed by atoms with Crippen molar-refractivity contribution in [3.05, 3.63) is 12.7 Å². The van der Waals surface area contributed by atoms with E-state index in [9.17, 15) is 9.90 Å². The van der Waals surface area contributed by atoms with Gasteiger partial charge in [0.1, 0.15) is 5.60 Å². The molecule has 2 aliphatic carbocycles. The molecule has 0 aromatic heterocycles. The third-order valence-corrected chi connectivity index (χ3v) is 5.07. The van der Waals surface area contributed by atoms with E-state index in [2.05, 4.69) is 6.58 Å². The lowest BCUT2D eigenvalue weighted by molar-refractivity contribution is -0.164. The molecule has 0 aliphatic heterocycles. The molecule has 0 radical (unpaired) electrons. The van der Waals surface area contributed by atoms with Crippen molar-refractivity contribution in [3.8, 4) is 0 Å². The average Bonchev–Trinajstić information content (AvgIpc) is 2.38. The fourth-order valence-corrected chi connectivity index (χ4v) is 4.21. The van der Waals surface area contributed by atoms with E-state index in [1.54, 1.807) is 0 Å². The van der Waals surface area contributed by atoms with Gasteiger partial charge in [0.2, 0.25) is 0 Å². The predicted molar refractivity (Wildman–Crippen MR) is 74.5 cm³/mol. The van der Waals surface area contributed by atoms with Crippen molar-refractivity contribution in [2.24, 2.45) is 17.8 Å². The second-order valence-corrected chi connectivity index (χ2v) is 6.59. The SMILES string of the molecule is C=CC(=O)OC(C)(C)[C@@H]1CCCC2[C@H](O)CCC[C@@H]21. The Morgan fingerprint density at radius 3 is 2.53 bits per heavy atom. The van der Waals surface area contributed by atoms with Crippen LogP contribution < -0.4 is 0 Å². The van der Waals surface area contributed by atoms with Crippen LogP contribution in [-0.4, -0.2) is 22.8 Å². The zero-order chi connectivity index (χ0) is 14.0. The summed E-state index contributed by atoms with van der Waals surface area (Å²) in [4.78, 5) is 11.5. The van der Waals surface area contributed by atoms with Crippen molar-refractivity contribution in [1.82, 2.24) is 0 Å². The van der Waals surface area contributed by atoms with Crippen LogP contribution in [0.5, 0.6) is 0 Å². The highest BCUT2D eigenvalue weighted by molar-refractivity contribution is 5.81. The molecule has 0 spiro atoms. The molecule has 108 valence electrons. The van der Waals surface area contributed by atoms with E-state index in [0.29, 0.717) is 17.8 Å². The summed E-state index contributed by atoms with van der Waals surface area (Å²) >= 11 is 0. The molecule has 0 aromatic carbocycles. The summed E-state index contributed by atoms with van der Waals surface area (Å²) in [6.07, 6.45) is 7.58. The highest BCUT2D eigenvalue weighted by Gasteiger charge is 2.46. The molecule has 19 heavy (non-hydrogen) atoms. The van der Waals surface area contributed by atoms with Gasteiger partial charge in [-0.2, -0.15) is 0 Å². The Morgan fingerprint density at radius 1 is 1.21 bits per heavy atom. The molecule has 0 saturated heterocycles. The van der Waals surface area contributed by atoms with Crippen molar-refractivity contribution >= 4 is 5.97 Å². The Kier molecular flexibility index (Phi) is 4.34. The summed E-state index contributed by atoms with van der Waals surface area (Å²) in [7, 11) is 0. The molecule has 2 rings (SSSR count). The molecule has 1 unspecified atom stereocenters. The molecule has 0 heterocycles. The topological polar surface area (TPSA) is 46.5 Å². The zero-order valence-electron chi connectivity index (χ0n) is 12.1. The number of ether oxygens (including phenoxy) is 1. The number of hydrogen-bond acceptors (Lipinski definition) is 3. The van der Waals surface area contributed by atoms with Crippen LogP contribution in [-0.2, 0) is 9.53 Å². The van der Waals surface area contributed by atoms with Crippen LogP contribution in [0.3, 0.4) is 0 Å². The first-order valence-corrected chi connectivity index (χ1v) is 7.49. The van der Waals surface area contributed by atoms with Crippen molar-refractivity contribution in [1.29, 1.82) is 0 Å². The molecule has 2 fully saturated rings. The van der Waals surface area contributed by atoms with Gasteiger partial charge >= 0.3 is 5.97 Å². The monoisotopic (exact) mass is 266 g/mol. The third kappa shape index (κ3) is 3.02. The molecule has 0 bridgehead atoms. The van der Waals surface area contributed by atoms with Gasteiger partial charge < -0.3 is 9.84 Å². The summed E-state index contributed by atoms with van der Waals surface area (Å²) < 4.78 is 5.57. The minimum absolute atomic E-state index is 0.160. The first-order chi connectivity index (χ1) is 8.95. The number of carbonyl (C=O) groups excluding carboxylic acids is 1. The van der Waals surface area contributed by atoms with Gasteiger partial charge in [-0.1, -0.05) is 19.4 Å². The van der Waals surface area contributed by atoms with Crippen LogP contribution in [0.4, 0.5) is 0 Å². The van der Waals surface area contributed by atoms with Gasteiger partial charge in [0.15, 0.2) is 0 Å². The largest absolute Gasteiger partial charge is 0.456 e. The Bertz CT molecular complexity index is 348. The van der Waals surface area contributed by atoms with E-state index in [4.69, 9.17) is 4.74 Å². The van der Waals surface area contributed by atoms with Crippen molar-refractivity contribution in [2.45, 2.75) is 64.1 Å². The van der Waals surface area contributed by atoms with Crippen molar-refractivity contribution in [3.63, 3.8) is 0 Å². The molecule has 2 aliphatic rings. The second kappa shape index (κ2) is 5.66.